The second-order valence-corrected chi connectivity index (χ2v) is 6.81. The van der Waals surface area contributed by atoms with Crippen LogP contribution in [0.15, 0.2) is 22.7 Å². The molecule has 19 heavy (non-hydrogen) atoms. The highest BCUT2D eigenvalue weighted by Gasteiger charge is 2.42. The van der Waals surface area contributed by atoms with E-state index in [9.17, 15) is 5.11 Å². The van der Waals surface area contributed by atoms with Crippen molar-refractivity contribution >= 4 is 27.3 Å². The van der Waals surface area contributed by atoms with Gasteiger partial charge in [0.15, 0.2) is 0 Å². The maximum absolute atomic E-state index is 10.7. The fourth-order valence-corrected chi connectivity index (χ4v) is 4.22. The Hall–Kier alpha value is -0.740. The van der Waals surface area contributed by atoms with Crippen LogP contribution in [-0.4, -0.2) is 23.8 Å². The lowest BCUT2D eigenvalue weighted by atomic mass is 9.71. The van der Waals surface area contributed by atoms with Gasteiger partial charge in [-0.2, -0.15) is 0 Å². The quantitative estimate of drug-likeness (QED) is 0.780. The Bertz CT molecular complexity index is 479. The van der Waals surface area contributed by atoms with Crippen LogP contribution in [0.25, 0.3) is 0 Å². The molecule has 2 atom stereocenters. The fraction of sp³-hybridized carbons (Fsp3) is 0.600. The number of anilines is 2. The van der Waals surface area contributed by atoms with Gasteiger partial charge in [0.2, 0.25) is 0 Å². The summed E-state index contributed by atoms with van der Waals surface area (Å²) < 4.78 is 1.05. The lowest BCUT2D eigenvalue weighted by molar-refractivity contribution is -0.0612. The first-order valence-corrected chi connectivity index (χ1v) is 7.90. The lowest BCUT2D eigenvalue weighted by Crippen LogP contribution is -2.53. The van der Waals surface area contributed by atoms with E-state index >= 15 is 0 Å². The minimum atomic E-state index is -0.408. The van der Waals surface area contributed by atoms with E-state index in [0.717, 1.165) is 42.5 Å². The zero-order valence-corrected chi connectivity index (χ0v) is 12.7. The number of fused-ring (bicyclic) bond motifs is 1. The summed E-state index contributed by atoms with van der Waals surface area (Å²) >= 11 is 3.60. The fourth-order valence-electron chi connectivity index (χ4n) is 3.57. The van der Waals surface area contributed by atoms with E-state index in [2.05, 4.69) is 26.9 Å². The van der Waals surface area contributed by atoms with Gasteiger partial charge in [0.1, 0.15) is 0 Å². The number of nitrogens with zero attached hydrogens (tertiary/aromatic N) is 1. The van der Waals surface area contributed by atoms with Gasteiger partial charge < -0.3 is 15.7 Å². The normalized spacial score (nSPS) is 31.1. The molecule has 0 amide bonds. The van der Waals surface area contributed by atoms with Gasteiger partial charge in [0, 0.05) is 29.2 Å². The molecule has 1 aliphatic carbocycles. The molecule has 1 heterocycles. The number of aliphatic hydroxyl groups is 1. The van der Waals surface area contributed by atoms with Crippen LogP contribution in [0.5, 0.6) is 0 Å². The summed E-state index contributed by atoms with van der Waals surface area (Å²) in [5.41, 5.74) is 7.36. The van der Waals surface area contributed by atoms with Gasteiger partial charge in [-0.1, -0.05) is 12.8 Å². The van der Waals surface area contributed by atoms with Gasteiger partial charge in [-0.15, -0.1) is 0 Å². The third kappa shape index (κ3) is 2.48. The first-order valence-electron chi connectivity index (χ1n) is 7.11. The second kappa shape index (κ2) is 4.98. The Kier molecular flexibility index (Phi) is 3.48. The number of halogens is 1. The van der Waals surface area contributed by atoms with E-state index in [1.807, 2.05) is 12.1 Å². The number of benzene rings is 1. The molecule has 1 aromatic rings. The van der Waals surface area contributed by atoms with E-state index < -0.39 is 5.60 Å². The van der Waals surface area contributed by atoms with Gasteiger partial charge >= 0.3 is 0 Å². The molecule has 1 aromatic carbocycles. The molecule has 104 valence electrons. The maximum atomic E-state index is 10.7. The van der Waals surface area contributed by atoms with Crippen LogP contribution in [-0.2, 0) is 0 Å². The van der Waals surface area contributed by atoms with Crippen molar-refractivity contribution in [1.29, 1.82) is 0 Å². The van der Waals surface area contributed by atoms with E-state index in [-0.39, 0.29) is 0 Å². The highest BCUT2D eigenvalue weighted by Crippen LogP contribution is 2.42. The highest BCUT2D eigenvalue weighted by molar-refractivity contribution is 9.10. The van der Waals surface area contributed by atoms with Crippen molar-refractivity contribution in [2.24, 2.45) is 5.92 Å². The summed E-state index contributed by atoms with van der Waals surface area (Å²) in [6.07, 6.45) is 5.45. The molecular formula is C15H21BrN2O. The summed E-state index contributed by atoms with van der Waals surface area (Å²) in [6.45, 7) is 1.88. The van der Waals surface area contributed by atoms with Crippen molar-refractivity contribution in [3.8, 4) is 0 Å². The summed E-state index contributed by atoms with van der Waals surface area (Å²) in [5, 5.41) is 10.7. The van der Waals surface area contributed by atoms with E-state index in [1.54, 1.807) is 0 Å². The van der Waals surface area contributed by atoms with E-state index in [4.69, 9.17) is 5.73 Å². The Balaban J connectivity index is 1.80. The van der Waals surface area contributed by atoms with Crippen LogP contribution in [0.1, 0.15) is 32.1 Å². The molecule has 0 spiro atoms. The second-order valence-electron chi connectivity index (χ2n) is 5.95. The molecule has 1 saturated heterocycles. The van der Waals surface area contributed by atoms with Crippen LogP contribution in [0, 0.1) is 5.92 Å². The zero-order valence-electron chi connectivity index (χ0n) is 11.1. The molecule has 2 fully saturated rings. The summed E-state index contributed by atoms with van der Waals surface area (Å²) in [7, 11) is 0. The van der Waals surface area contributed by atoms with E-state index in [0.29, 0.717) is 5.92 Å². The van der Waals surface area contributed by atoms with Crippen molar-refractivity contribution in [3.63, 3.8) is 0 Å². The molecule has 3 nitrogen and oxygen atoms in total. The Morgan fingerprint density at radius 3 is 2.95 bits per heavy atom. The molecule has 0 radical (unpaired) electrons. The van der Waals surface area contributed by atoms with Crippen LogP contribution in [0.4, 0.5) is 11.4 Å². The summed E-state index contributed by atoms with van der Waals surface area (Å²) in [5.74, 6) is 0.416. The average molecular weight is 325 g/mol. The number of piperidine rings is 1. The number of nitrogen functional groups attached to an aromatic ring is 1. The number of rotatable bonds is 1. The minimum absolute atomic E-state index is 0.408. The van der Waals surface area contributed by atoms with Gasteiger partial charge in [0.25, 0.3) is 0 Å². The molecule has 1 aliphatic heterocycles. The lowest BCUT2D eigenvalue weighted by Gasteiger charge is -2.48. The van der Waals surface area contributed by atoms with Crippen molar-refractivity contribution in [2.45, 2.75) is 37.7 Å². The average Bonchev–Trinajstić information content (AvgIpc) is 2.38. The van der Waals surface area contributed by atoms with Crippen LogP contribution in [0.2, 0.25) is 0 Å². The number of hydrogen-bond donors (Lipinski definition) is 2. The summed E-state index contributed by atoms with van der Waals surface area (Å²) in [6, 6.07) is 5.98. The Morgan fingerprint density at radius 1 is 1.32 bits per heavy atom. The topological polar surface area (TPSA) is 49.5 Å². The smallest absolute Gasteiger partial charge is 0.0709 e. The Morgan fingerprint density at radius 2 is 2.16 bits per heavy atom. The van der Waals surface area contributed by atoms with Gasteiger partial charge in [-0.25, -0.2) is 0 Å². The van der Waals surface area contributed by atoms with Crippen LogP contribution in [0.3, 0.4) is 0 Å². The standard InChI is InChI=1S/C15H21BrN2O/c16-13-9-12(17)4-5-14(13)18-8-7-15(19)6-2-1-3-11(15)10-18/h4-5,9,11,19H,1-3,6-8,10,17H2. The van der Waals surface area contributed by atoms with Gasteiger partial charge in [-0.3, -0.25) is 0 Å². The van der Waals surface area contributed by atoms with Crippen molar-refractivity contribution < 1.29 is 5.11 Å². The van der Waals surface area contributed by atoms with Crippen LogP contribution >= 0.6 is 15.9 Å². The third-order valence-corrected chi connectivity index (χ3v) is 5.38. The van der Waals surface area contributed by atoms with E-state index in [1.165, 1.54) is 18.5 Å². The highest BCUT2D eigenvalue weighted by atomic mass is 79.9. The van der Waals surface area contributed by atoms with Crippen molar-refractivity contribution in [2.75, 3.05) is 23.7 Å². The third-order valence-electron chi connectivity index (χ3n) is 4.74. The van der Waals surface area contributed by atoms with Crippen molar-refractivity contribution in [1.82, 2.24) is 0 Å². The van der Waals surface area contributed by atoms with Gasteiger partial charge in [-0.05, 0) is 53.4 Å². The molecule has 4 heteroatoms. The molecule has 3 N–H and O–H groups in total. The summed E-state index contributed by atoms with van der Waals surface area (Å²) in [4.78, 5) is 2.38. The molecule has 2 aliphatic rings. The molecule has 0 bridgehead atoms. The molecule has 0 aromatic heterocycles. The largest absolute Gasteiger partial charge is 0.399 e. The monoisotopic (exact) mass is 324 g/mol. The molecule has 3 rings (SSSR count). The predicted octanol–water partition coefficient (Wildman–Crippen LogP) is 3.16. The SMILES string of the molecule is Nc1ccc(N2CCC3(O)CCCCC3C2)c(Br)c1. The predicted molar refractivity (Wildman–Crippen MR) is 82.3 cm³/mol. The van der Waals surface area contributed by atoms with Crippen LogP contribution < -0.4 is 10.6 Å². The zero-order chi connectivity index (χ0) is 13.5. The number of hydrogen-bond acceptors (Lipinski definition) is 3. The Labute approximate surface area is 122 Å². The first-order chi connectivity index (χ1) is 9.08. The maximum Gasteiger partial charge on any atom is 0.0709 e. The number of nitrogens with two attached hydrogens (primary N) is 1. The minimum Gasteiger partial charge on any atom is -0.399 e. The molecule has 1 saturated carbocycles. The van der Waals surface area contributed by atoms with Crippen molar-refractivity contribution in [3.05, 3.63) is 22.7 Å². The molecular weight excluding hydrogens is 304 g/mol. The van der Waals surface area contributed by atoms with Gasteiger partial charge in [0.05, 0.1) is 11.3 Å². The molecule has 2 unspecified atom stereocenters. The first kappa shape index (κ1) is 13.3.